The van der Waals surface area contributed by atoms with Crippen LogP contribution in [0.25, 0.3) is 0 Å². The molecule has 1 heteroatoms. The normalized spacial score (nSPS) is 22.0. The minimum Gasteiger partial charge on any atom is -0.187 e. The predicted molar refractivity (Wildman–Crippen MR) is 47.5 cm³/mol. The van der Waals surface area contributed by atoms with E-state index >= 15 is 0 Å². The summed E-state index contributed by atoms with van der Waals surface area (Å²) < 4.78 is 0. The van der Waals surface area contributed by atoms with Crippen LogP contribution in [-0.2, 0) is 0 Å². The zero-order valence-corrected chi connectivity index (χ0v) is 7.26. The zero-order valence-electron chi connectivity index (χ0n) is 6.44. The van der Waals surface area contributed by atoms with E-state index in [2.05, 4.69) is 13.8 Å². The summed E-state index contributed by atoms with van der Waals surface area (Å²) >= 11 is 0. The minimum atomic E-state index is 0.720. The van der Waals surface area contributed by atoms with Crippen LogP contribution in [0.1, 0.15) is 33.1 Å². The van der Waals surface area contributed by atoms with E-state index in [0.717, 1.165) is 10.5 Å². The Morgan fingerprint density at radius 1 is 1.00 bits per heavy atom. The summed E-state index contributed by atoms with van der Waals surface area (Å²) in [5.74, 6) is 2.98. The van der Waals surface area contributed by atoms with Crippen LogP contribution < -0.4 is 0 Å². The summed E-state index contributed by atoms with van der Waals surface area (Å²) in [5, 5.41) is 0. The van der Waals surface area contributed by atoms with Gasteiger partial charge in [0.05, 0.1) is 0 Å². The molecule has 1 heterocycles. The van der Waals surface area contributed by atoms with Crippen molar-refractivity contribution in [1.82, 2.24) is 0 Å². The molecule has 1 rings (SSSR count). The van der Waals surface area contributed by atoms with Gasteiger partial charge in [0, 0.05) is 0 Å². The van der Waals surface area contributed by atoms with Crippen LogP contribution in [-0.4, -0.2) is 16.4 Å². The molecule has 0 amide bonds. The third kappa shape index (κ3) is 2.13. The molecule has 1 fully saturated rings. The van der Waals surface area contributed by atoms with Crippen molar-refractivity contribution in [2.45, 2.75) is 33.1 Å². The second-order valence-electron chi connectivity index (χ2n) is 2.87. The van der Waals surface area contributed by atoms with E-state index in [1.165, 1.54) is 30.8 Å². The lowest BCUT2D eigenvalue weighted by molar-refractivity contribution is 0.763. The first-order chi connectivity index (χ1) is 4.30. The molecule has 0 N–H and O–H groups in total. The van der Waals surface area contributed by atoms with Gasteiger partial charge in [-0.25, -0.2) is 0 Å². The summed E-state index contributed by atoms with van der Waals surface area (Å²) in [6.45, 7) is 4.57. The van der Waals surface area contributed by atoms with Crippen molar-refractivity contribution in [3.8, 4) is 0 Å². The van der Waals surface area contributed by atoms with Gasteiger partial charge in [-0.15, -0.1) is 0 Å². The minimum absolute atomic E-state index is 0.720. The van der Waals surface area contributed by atoms with Crippen molar-refractivity contribution in [2.24, 2.45) is 0 Å². The van der Waals surface area contributed by atoms with Gasteiger partial charge in [0.1, 0.15) is 0 Å². The van der Waals surface area contributed by atoms with Crippen LogP contribution in [0, 0.1) is 0 Å². The standard InChI is InChI=1S/C8H16S/c1-8(2)9-6-4-3-5-7-9/h3-7H2,1-2H3. The zero-order chi connectivity index (χ0) is 6.69. The molecule has 0 nitrogen and oxygen atoms in total. The largest absolute Gasteiger partial charge is 0.187 e. The Hall–Kier alpha value is 0.220. The molecule has 0 bridgehead atoms. The van der Waals surface area contributed by atoms with E-state index in [1.807, 2.05) is 0 Å². The highest BCUT2D eigenvalue weighted by Crippen LogP contribution is 2.25. The lowest BCUT2D eigenvalue weighted by Crippen LogP contribution is -2.01. The number of rotatable bonds is 0. The molecule has 1 saturated heterocycles. The second kappa shape index (κ2) is 3.40. The quantitative estimate of drug-likeness (QED) is 0.458. The molecule has 0 spiro atoms. The Morgan fingerprint density at radius 2 is 1.56 bits per heavy atom. The van der Waals surface area contributed by atoms with Gasteiger partial charge in [-0.05, 0) is 38.2 Å². The number of hydrogen-bond acceptors (Lipinski definition) is 0. The molecule has 0 radical (unpaired) electrons. The molecule has 9 heavy (non-hydrogen) atoms. The van der Waals surface area contributed by atoms with Crippen LogP contribution in [0.15, 0.2) is 0 Å². The third-order valence-corrected chi connectivity index (χ3v) is 4.58. The summed E-state index contributed by atoms with van der Waals surface area (Å²) in [5.41, 5.74) is 0. The lowest BCUT2D eigenvalue weighted by atomic mass is 10.3. The van der Waals surface area contributed by atoms with Crippen molar-refractivity contribution < 1.29 is 0 Å². The van der Waals surface area contributed by atoms with Gasteiger partial charge in [0.15, 0.2) is 0 Å². The Balaban J connectivity index is 2.49. The average molecular weight is 144 g/mol. The molecular formula is C8H16S. The molecular weight excluding hydrogens is 128 g/mol. The van der Waals surface area contributed by atoms with Gasteiger partial charge >= 0.3 is 0 Å². The van der Waals surface area contributed by atoms with E-state index in [1.54, 1.807) is 4.86 Å². The monoisotopic (exact) mass is 144 g/mol. The second-order valence-corrected chi connectivity index (χ2v) is 5.49. The summed E-state index contributed by atoms with van der Waals surface area (Å²) in [7, 11) is 0.720. The Morgan fingerprint density at radius 3 is 1.89 bits per heavy atom. The van der Waals surface area contributed by atoms with E-state index in [9.17, 15) is 0 Å². The predicted octanol–water partition coefficient (Wildman–Crippen LogP) is 2.65. The molecule has 0 aromatic heterocycles. The maximum atomic E-state index is 2.29. The van der Waals surface area contributed by atoms with Gasteiger partial charge in [-0.3, -0.25) is 0 Å². The summed E-state index contributed by atoms with van der Waals surface area (Å²) in [6.07, 6.45) is 4.44. The first kappa shape index (κ1) is 7.33. The maximum Gasteiger partial charge on any atom is -0.0118 e. The highest BCUT2D eigenvalue weighted by Gasteiger charge is 2.03. The van der Waals surface area contributed by atoms with Crippen molar-refractivity contribution in [2.75, 3.05) is 11.5 Å². The van der Waals surface area contributed by atoms with Crippen LogP contribution >= 0.6 is 10.5 Å². The molecule has 0 aromatic carbocycles. The Kier molecular flexibility index (Phi) is 2.77. The molecule has 0 aliphatic carbocycles. The van der Waals surface area contributed by atoms with Crippen molar-refractivity contribution >= 4 is 15.3 Å². The van der Waals surface area contributed by atoms with Gasteiger partial charge in [-0.1, -0.05) is 11.3 Å². The van der Waals surface area contributed by atoms with Crippen LogP contribution in [0.5, 0.6) is 0 Å². The van der Waals surface area contributed by atoms with Crippen molar-refractivity contribution in [3.63, 3.8) is 0 Å². The summed E-state index contributed by atoms with van der Waals surface area (Å²) in [6, 6.07) is 0. The fourth-order valence-corrected chi connectivity index (χ4v) is 3.37. The van der Waals surface area contributed by atoms with Gasteiger partial charge in [0.25, 0.3) is 0 Å². The molecule has 0 aromatic rings. The molecule has 1 aliphatic heterocycles. The maximum absolute atomic E-state index is 2.29. The fraction of sp³-hybridized carbons (Fsp3) is 0.875. The molecule has 0 saturated carbocycles. The third-order valence-electron chi connectivity index (χ3n) is 1.86. The SMILES string of the molecule is CC(C)=S1CCCCC1. The smallest absolute Gasteiger partial charge is 0.0118 e. The molecule has 1 aliphatic rings. The van der Waals surface area contributed by atoms with E-state index in [-0.39, 0.29) is 0 Å². The van der Waals surface area contributed by atoms with Crippen molar-refractivity contribution in [3.05, 3.63) is 0 Å². The van der Waals surface area contributed by atoms with Gasteiger partial charge in [0.2, 0.25) is 0 Å². The van der Waals surface area contributed by atoms with E-state index in [0.29, 0.717) is 0 Å². The molecule has 0 atom stereocenters. The Bertz CT molecular complexity index is 113. The van der Waals surface area contributed by atoms with Gasteiger partial charge in [-0.2, -0.15) is 10.5 Å². The molecule has 54 valence electrons. The highest BCUT2D eigenvalue weighted by molar-refractivity contribution is 8.15. The number of hydrogen-bond donors (Lipinski definition) is 0. The van der Waals surface area contributed by atoms with Crippen LogP contribution in [0.3, 0.4) is 0 Å². The molecule has 0 unspecified atom stereocenters. The lowest BCUT2D eigenvalue weighted by Gasteiger charge is -2.16. The highest BCUT2D eigenvalue weighted by atomic mass is 32.2. The van der Waals surface area contributed by atoms with Gasteiger partial charge < -0.3 is 0 Å². The van der Waals surface area contributed by atoms with Crippen LogP contribution in [0.2, 0.25) is 0 Å². The first-order valence-electron chi connectivity index (χ1n) is 3.78. The topological polar surface area (TPSA) is 0 Å². The van der Waals surface area contributed by atoms with E-state index in [4.69, 9.17) is 0 Å². The average Bonchev–Trinajstić information content (AvgIpc) is 1.90. The first-order valence-corrected chi connectivity index (χ1v) is 5.34. The van der Waals surface area contributed by atoms with E-state index < -0.39 is 0 Å². The van der Waals surface area contributed by atoms with Crippen LogP contribution in [0.4, 0.5) is 0 Å². The Labute approximate surface area is 60.6 Å². The fourth-order valence-electron chi connectivity index (χ4n) is 1.24. The summed E-state index contributed by atoms with van der Waals surface area (Å²) in [4.78, 5) is 1.68. The van der Waals surface area contributed by atoms with Crippen molar-refractivity contribution in [1.29, 1.82) is 0 Å².